The van der Waals surface area contributed by atoms with E-state index in [1.807, 2.05) is 12.2 Å². The standard InChI is InChI=1S/C37H69NO9/c1-3-5-7-9-11-13-15-16-17-19-21-23-25-30(40)33(42)29(28-46-37-36(45)35(44)34(43)31(27-39)47-37)38-32(41)26-24-22-20-18-14-12-10-8-6-4-2/h12,14,20,22,29-31,33-37,39-40,42-45H,3-11,13,15-19,21,23-28H2,1-2H3,(H,38,41)/b14-12-,22-20-/t29-,30+,31?,33-,34?,35?,36?,37?/m0/s1. The summed E-state index contributed by atoms with van der Waals surface area (Å²) in [5.74, 6) is -0.330. The number of nitrogens with one attached hydrogen (secondary N) is 1. The first-order valence-electron chi connectivity index (χ1n) is 18.6. The van der Waals surface area contributed by atoms with Crippen LogP contribution in [0.5, 0.6) is 0 Å². The number of rotatable bonds is 29. The van der Waals surface area contributed by atoms with Crippen molar-refractivity contribution in [1.82, 2.24) is 5.32 Å². The van der Waals surface area contributed by atoms with Gasteiger partial charge in [-0.1, -0.05) is 128 Å². The molecule has 0 aromatic carbocycles. The molecule has 0 bridgehead atoms. The average molecular weight is 672 g/mol. The molecule has 1 heterocycles. The molecule has 1 rings (SSSR count). The van der Waals surface area contributed by atoms with Gasteiger partial charge in [-0.15, -0.1) is 0 Å². The fraction of sp³-hybridized carbons (Fsp3) is 0.865. The lowest BCUT2D eigenvalue weighted by molar-refractivity contribution is -0.303. The van der Waals surface area contributed by atoms with Crippen LogP contribution in [0.1, 0.15) is 142 Å². The van der Waals surface area contributed by atoms with Crippen LogP contribution >= 0.6 is 0 Å². The fourth-order valence-corrected chi connectivity index (χ4v) is 5.77. The quantitative estimate of drug-likeness (QED) is 0.0429. The number of allylic oxidation sites excluding steroid dienone is 4. The summed E-state index contributed by atoms with van der Waals surface area (Å²) in [5.41, 5.74) is 0. The maximum absolute atomic E-state index is 12.8. The highest BCUT2D eigenvalue weighted by molar-refractivity contribution is 5.76. The van der Waals surface area contributed by atoms with E-state index in [4.69, 9.17) is 9.47 Å². The minimum atomic E-state index is -1.61. The minimum absolute atomic E-state index is 0.175. The summed E-state index contributed by atoms with van der Waals surface area (Å²) >= 11 is 0. The van der Waals surface area contributed by atoms with Gasteiger partial charge in [0.25, 0.3) is 0 Å². The highest BCUT2D eigenvalue weighted by Gasteiger charge is 2.44. The third-order valence-corrected chi connectivity index (χ3v) is 8.91. The smallest absolute Gasteiger partial charge is 0.220 e. The molecule has 276 valence electrons. The predicted octanol–water partition coefficient (Wildman–Crippen LogP) is 4.96. The van der Waals surface area contributed by atoms with E-state index in [9.17, 15) is 35.4 Å². The zero-order chi connectivity index (χ0) is 34.7. The van der Waals surface area contributed by atoms with E-state index in [0.29, 0.717) is 12.8 Å². The number of hydrogen-bond acceptors (Lipinski definition) is 9. The molecule has 7 N–H and O–H groups in total. The maximum atomic E-state index is 12.8. The fourth-order valence-electron chi connectivity index (χ4n) is 5.77. The van der Waals surface area contributed by atoms with Crippen molar-refractivity contribution in [3.8, 4) is 0 Å². The van der Waals surface area contributed by atoms with Crippen molar-refractivity contribution < 1.29 is 44.9 Å². The van der Waals surface area contributed by atoms with E-state index >= 15 is 0 Å². The first kappa shape index (κ1) is 43.7. The van der Waals surface area contributed by atoms with E-state index in [1.165, 1.54) is 70.6 Å². The van der Waals surface area contributed by atoms with Crippen LogP contribution in [-0.4, -0.2) is 98.7 Å². The molecule has 0 spiro atoms. The third-order valence-electron chi connectivity index (χ3n) is 8.91. The summed E-state index contributed by atoms with van der Waals surface area (Å²) in [6, 6.07) is -1.02. The lowest BCUT2D eigenvalue weighted by atomic mass is 9.98. The van der Waals surface area contributed by atoms with E-state index in [0.717, 1.165) is 38.5 Å². The molecule has 1 amide bonds. The molecule has 0 aromatic heterocycles. The molecule has 10 nitrogen and oxygen atoms in total. The summed E-state index contributed by atoms with van der Waals surface area (Å²) in [6.45, 7) is 3.48. The van der Waals surface area contributed by atoms with E-state index in [-0.39, 0.29) is 18.9 Å². The highest BCUT2D eigenvalue weighted by Crippen LogP contribution is 2.23. The Hall–Kier alpha value is -1.37. The first-order valence-corrected chi connectivity index (χ1v) is 18.6. The van der Waals surface area contributed by atoms with Crippen LogP contribution in [0.2, 0.25) is 0 Å². The molecule has 0 radical (unpaired) electrons. The summed E-state index contributed by atoms with van der Waals surface area (Å²) in [7, 11) is 0. The lowest BCUT2D eigenvalue weighted by Crippen LogP contribution is -2.60. The Labute approximate surface area is 284 Å². The van der Waals surface area contributed by atoms with E-state index < -0.39 is 55.6 Å². The lowest BCUT2D eigenvalue weighted by Gasteiger charge is -2.40. The molecule has 0 saturated carbocycles. The van der Waals surface area contributed by atoms with E-state index in [1.54, 1.807) is 0 Å². The maximum Gasteiger partial charge on any atom is 0.220 e. The monoisotopic (exact) mass is 671 g/mol. The molecular weight excluding hydrogens is 602 g/mol. The molecule has 0 aromatic rings. The number of hydrogen-bond donors (Lipinski definition) is 7. The number of ether oxygens (including phenoxy) is 2. The molecule has 1 fully saturated rings. The van der Waals surface area contributed by atoms with Crippen molar-refractivity contribution in [2.75, 3.05) is 13.2 Å². The van der Waals surface area contributed by atoms with Gasteiger partial charge in [0.05, 0.1) is 25.4 Å². The Morgan fingerprint density at radius 3 is 1.89 bits per heavy atom. The second-order valence-electron chi connectivity index (χ2n) is 13.2. The topological polar surface area (TPSA) is 169 Å². The zero-order valence-electron chi connectivity index (χ0n) is 29.4. The molecule has 5 unspecified atom stereocenters. The molecule has 0 aliphatic carbocycles. The number of carbonyl (C=O) groups is 1. The van der Waals surface area contributed by atoms with Crippen LogP contribution in [-0.2, 0) is 14.3 Å². The van der Waals surface area contributed by atoms with Crippen molar-refractivity contribution >= 4 is 5.91 Å². The van der Waals surface area contributed by atoms with Gasteiger partial charge in [0.2, 0.25) is 5.91 Å². The van der Waals surface area contributed by atoms with Crippen LogP contribution in [0.3, 0.4) is 0 Å². The van der Waals surface area contributed by atoms with Gasteiger partial charge in [-0.05, 0) is 32.1 Å². The van der Waals surface area contributed by atoms with Gasteiger partial charge in [0.15, 0.2) is 6.29 Å². The van der Waals surface area contributed by atoms with Crippen LogP contribution in [0.25, 0.3) is 0 Å². The molecule has 10 heteroatoms. The van der Waals surface area contributed by atoms with Crippen molar-refractivity contribution in [3.63, 3.8) is 0 Å². The molecule has 47 heavy (non-hydrogen) atoms. The summed E-state index contributed by atoms with van der Waals surface area (Å²) in [4.78, 5) is 12.8. The Bertz CT molecular complexity index is 809. The van der Waals surface area contributed by atoms with E-state index in [2.05, 4.69) is 31.3 Å². The summed E-state index contributed by atoms with van der Waals surface area (Å²) < 4.78 is 11.1. The molecule has 8 atom stereocenters. The number of carbonyl (C=O) groups excluding carboxylic acids is 1. The number of unbranched alkanes of at least 4 members (excludes halogenated alkanes) is 14. The van der Waals surface area contributed by atoms with Gasteiger partial charge in [-0.2, -0.15) is 0 Å². The SMILES string of the molecule is CCCCC/C=C\C/C=C\CCC(=O)N[C@@H](COC1OC(CO)C(O)C(O)C1O)[C@H](O)[C@H](O)CCCCCCCCCCCCCC. The van der Waals surface area contributed by atoms with Crippen LogP contribution in [0.4, 0.5) is 0 Å². The van der Waals surface area contributed by atoms with Crippen molar-refractivity contribution in [3.05, 3.63) is 24.3 Å². The molecule has 1 saturated heterocycles. The highest BCUT2D eigenvalue weighted by atomic mass is 16.7. The zero-order valence-corrected chi connectivity index (χ0v) is 29.4. The number of aliphatic hydroxyl groups excluding tert-OH is 6. The first-order chi connectivity index (χ1) is 22.8. The Kier molecular flexibility index (Phi) is 26.4. The van der Waals surface area contributed by atoms with Gasteiger partial charge in [0.1, 0.15) is 30.5 Å². The van der Waals surface area contributed by atoms with Crippen molar-refractivity contribution in [2.24, 2.45) is 0 Å². The van der Waals surface area contributed by atoms with Gasteiger partial charge >= 0.3 is 0 Å². The van der Waals surface area contributed by atoms with Gasteiger partial charge in [-0.25, -0.2) is 0 Å². The van der Waals surface area contributed by atoms with Crippen LogP contribution in [0, 0.1) is 0 Å². The second-order valence-corrected chi connectivity index (χ2v) is 13.2. The Morgan fingerprint density at radius 2 is 1.30 bits per heavy atom. The Balaban J connectivity index is 2.56. The summed E-state index contributed by atoms with van der Waals surface area (Å²) in [5, 5.41) is 64.6. The number of aliphatic hydroxyl groups is 6. The number of amides is 1. The molecule has 1 aliphatic heterocycles. The van der Waals surface area contributed by atoms with Crippen molar-refractivity contribution in [1.29, 1.82) is 0 Å². The normalized spacial score (nSPS) is 23.8. The third kappa shape index (κ3) is 20.0. The van der Waals surface area contributed by atoms with Gasteiger partial charge in [0, 0.05) is 6.42 Å². The van der Waals surface area contributed by atoms with Crippen molar-refractivity contribution in [2.45, 2.75) is 191 Å². The molecular formula is C37H69NO9. The average Bonchev–Trinajstić information content (AvgIpc) is 3.07. The summed E-state index contributed by atoms with van der Waals surface area (Å²) in [6.07, 6.45) is 19.3. The largest absolute Gasteiger partial charge is 0.394 e. The molecule has 1 aliphatic rings. The van der Waals surface area contributed by atoms with Crippen LogP contribution < -0.4 is 5.32 Å². The van der Waals surface area contributed by atoms with Gasteiger partial charge < -0.3 is 45.4 Å². The second kappa shape index (κ2) is 28.5. The Morgan fingerprint density at radius 1 is 0.745 bits per heavy atom. The minimum Gasteiger partial charge on any atom is -0.394 e. The predicted molar refractivity (Wildman–Crippen MR) is 186 cm³/mol. The van der Waals surface area contributed by atoms with Crippen LogP contribution in [0.15, 0.2) is 24.3 Å². The van der Waals surface area contributed by atoms with Gasteiger partial charge in [-0.3, -0.25) is 4.79 Å².